The minimum absolute atomic E-state index is 0.0100. The Morgan fingerprint density at radius 3 is 2.33 bits per heavy atom. The number of carbonyl (C=O) groups is 2. The van der Waals surface area contributed by atoms with Crippen molar-refractivity contribution in [3.63, 3.8) is 0 Å². The summed E-state index contributed by atoms with van der Waals surface area (Å²) in [6, 6.07) is 18.7. The van der Waals surface area contributed by atoms with E-state index < -0.39 is 28.5 Å². The van der Waals surface area contributed by atoms with Crippen LogP contribution in [0.4, 0.5) is 5.69 Å². The van der Waals surface area contributed by atoms with Crippen molar-refractivity contribution in [2.45, 2.75) is 50.7 Å². The summed E-state index contributed by atoms with van der Waals surface area (Å²) in [5.74, 6) is -0.527. The summed E-state index contributed by atoms with van der Waals surface area (Å²) < 4.78 is 34.7. The molecule has 0 aromatic heterocycles. The first-order valence-corrected chi connectivity index (χ1v) is 15.3. The third kappa shape index (κ3) is 7.77. The highest BCUT2D eigenvalue weighted by Crippen LogP contribution is 2.32. The Hall–Kier alpha value is -3.08. The summed E-state index contributed by atoms with van der Waals surface area (Å²) in [6.07, 6.45) is 0.722. The van der Waals surface area contributed by atoms with Crippen LogP contribution in [-0.4, -0.2) is 50.9 Å². The molecule has 11 heteroatoms. The van der Waals surface area contributed by atoms with Crippen LogP contribution in [-0.2, 0) is 26.2 Å². The van der Waals surface area contributed by atoms with Gasteiger partial charge in [-0.1, -0.05) is 64.8 Å². The number of benzene rings is 3. The predicted octanol–water partition coefficient (Wildman–Crippen LogP) is 5.64. The van der Waals surface area contributed by atoms with Gasteiger partial charge in [0.05, 0.1) is 22.7 Å². The molecular formula is C29H33BrClN3O5S. The van der Waals surface area contributed by atoms with Gasteiger partial charge >= 0.3 is 0 Å². The first-order valence-electron chi connectivity index (χ1n) is 12.7. The molecule has 0 aliphatic heterocycles. The number of halogens is 2. The third-order valence-electron chi connectivity index (χ3n) is 6.44. The zero-order valence-corrected chi connectivity index (χ0v) is 26.0. The molecule has 3 aromatic rings. The van der Waals surface area contributed by atoms with Crippen molar-refractivity contribution in [2.24, 2.45) is 0 Å². The summed E-state index contributed by atoms with van der Waals surface area (Å²) in [5, 5.41) is 3.11. The zero-order chi connectivity index (χ0) is 29.4. The molecular weight excluding hydrogens is 618 g/mol. The number of hydrogen-bond acceptors (Lipinski definition) is 5. The van der Waals surface area contributed by atoms with Crippen LogP contribution in [0.3, 0.4) is 0 Å². The summed E-state index contributed by atoms with van der Waals surface area (Å²) in [6.45, 7) is 5.00. The molecule has 1 N–H and O–H groups in total. The summed E-state index contributed by atoms with van der Waals surface area (Å²) >= 11 is 9.79. The highest BCUT2D eigenvalue weighted by molar-refractivity contribution is 9.10. The lowest BCUT2D eigenvalue weighted by Gasteiger charge is -2.32. The van der Waals surface area contributed by atoms with Crippen molar-refractivity contribution in [3.8, 4) is 5.75 Å². The van der Waals surface area contributed by atoms with E-state index >= 15 is 0 Å². The van der Waals surface area contributed by atoms with Gasteiger partial charge < -0.3 is 15.0 Å². The van der Waals surface area contributed by atoms with E-state index in [2.05, 4.69) is 21.2 Å². The molecule has 0 aliphatic carbocycles. The highest BCUT2D eigenvalue weighted by atomic mass is 79.9. The quantitative estimate of drug-likeness (QED) is 0.274. The molecule has 0 saturated carbocycles. The second-order valence-corrected chi connectivity index (χ2v) is 12.5. The van der Waals surface area contributed by atoms with Crippen molar-refractivity contribution in [3.05, 3.63) is 87.9 Å². The second kappa shape index (κ2) is 14.0. The molecule has 214 valence electrons. The van der Waals surface area contributed by atoms with E-state index in [1.165, 1.54) is 42.3 Å². The van der Waals surface area contributed by atoms with Gasteiger partial charge in [0.15, 0.2) is 0 Å². The monoisotopic (exact) mass is 649 g/mol. The first-order chi connectivity index (χ1) is 19.0. The van der Waals surface area contributed by atoms with Crippen LogP contribution in [0.2, 0.25) is 5.02 Å². The van der Waals surface area contributed by atoms with Crippen LogP contribution in [0, 0.1) is 0 Å². The summed E-state index contributed by atoms with van der Waals surface area (Å²) in [7, 11) is -2.74. The molecule has 0 radical (unpaired) electrons. The number of ether oxygens (including phenoxy) is 1. The molecule has 0 bridgehead atoms. The Balaban J connectivity index is 2.05. The number of methoxy groups -OCH3 is 1. The number of hydrogen-bond donors (Lipinski definition) is 1. The van der Waals surface area contributed by atoms with Gasteiger partial charge in [0.2, 0.25) is 11.8 Å². The number of nitrogens with one attached hydrogen (secondary N) is 1. The van der Waals surface area contributed by atoms with Crippen molar-refractivity contribution in [1.82, 2.24) is 10.2 Å². The SMILES string of the molecule is CC[C@H](C)NC(=O)[C@@H](C)N(Cc1cccc(Br)c1)C(=O)CN(c1ccc(OC)c(Cl)c1)S(=O)(=O)c1ccccc1. The van der Waals surface area contributed by atoms with Crippen LogP contribution in [0.1, 0.15) is 32.8 Å². The van der Waals surface area contributed by atoms with Gasteiger partial charge in [-0.3, -0.25) is 13.9 Å². The van der Waals surface area contributed by atoms with Gasteiger partial charge in [-0.2, -0.15) is 0 Å². The maximum atomic E-state index is 14.0. The van der Waals surface area contributed by atoms with Crippen LogP contribution in [0.5, 0.6) is 5.75 Å². The van der Waals surface area contributed by atoms with E-state index in [1.807, 2.05) is 38.1 Å². The average molecular weight is 651 g/mol. The minimum Gasteiger partial charge on any atom is -0.495 e. The third-order valence-corrected chi connectivity index (χ3v) is 9.02. The van der Waals surface area contributed by atoms with Crippen molar-refractivity contribution < 1.29 is 22.7 Å². The van der Waals surface area contributed by atoms with Gasteiger partial charge in [0.25, 0.3) is 10.0 Å². The Kier molecular flexibility index (Phi) is 11.0. The molecule has 0 heterocycles. The molecule has 3 aromatic carbocycles. The smallest absolute Gasteiger partial charge is 0.264 e. The van der Waals surface area contributed by atoms with E-state index in [-0.39, 0.29) is 34.1 Å². The minimum atomic E-state index is -4.19. The number of rotatable bonds is 12. The van der Waals surface area contributed by atoms with Crippen molar-refractivity contribution in [1.29, 1.82) is 0 Å². The van der Waals surface area contributed by atoms with Crippen LogP contribution in [0.25, 0.3) is 0 Å². The average Bonchev–Trinajstić information content (AvgIpc) is 2.94. The maximum Gasteiger partial charge on any atom is 0.264 e. The largest absolute Gasteiger partial charge is 0.495 e. The van der Waals surface area contributed by atoms with Crippen LogP contribution >= 0.6 is 27.5 Å². The van der Waals surface area contributed by atoms with E-state index in [0.29, 0.717) is 5.75 Å². The Labute approximate surface area is 249 Å². The van der Waals surface area contributed by atoms with Crippen LogP contribution < -0.4 is 14.4 Å². The summed E-state index contributed by atoms with van der Waals surface area (Å²) in [4.78, 5) is 28.5. The summed E-state index contributed by atoms with van der Waals surface area (Å²) in [5.41, 5.74) is 0.956. The standard InChI is InChI=1S/C29H33BrClN3O5S/c1-5-20(2)32-29(36)21(3)33(18-22-10-9-11-23(30)16-22)28(35)19-34(24-14-15-27(39-4)26(31)17-24)40(37,38)25-12-7-6-8-13-25/h6-17,20-21H,5,18-19H2,1-4H3,(H,32,36)/t20-,21+/m0/s1. The lowest BCUT2D eigenvalue weighted by atomic mass is 10.1. The molecule has 2 amide bonds. The van der Waals surface area contributed by atoms with Gasteiger partial charge in [-0.05, 0) is 68.3 Å². The molecule has 0 saturated heterocycles. The van der Waals surface area contributed by atoms with Crippen LogP contribution in [0.15, 0.2) is 82.2 Å². The Bertz CT molecular complexity index is 1440. The van der Waals surface area contributed by atoms with E-state index in [9.17, 15) is 18.0 Å². The van der Waals surface area contributed by atoms with E-state index in [0.717, 1.165) is 20.8 Å². The van der Waals surface area contributed by atoms with Gasteiger partial charge in [0.1, 0.15) is 18.3 Å². The first kappa shape index (κ1) is 31.4. The zero-order valence-electron chi connectivity index (χ0n) is 22.8. The van der Waals surface area contributed by atoms with Gasteiger partial charge in [-0.25, -0.2) is 8.42 Å². The lowest BCUT2D eigenvalue weighted by Crippen LogP contribution is -2.52. The molecule has 0 aliphatic rings. The Morgan fingerprint density at radius 2 is 1.73 bits per heavy atom. The number of nitrogens with zero attached hydrogens (tertiary/aromatic N) is 2. The molecule has 0 unspecified atom stereocenters. The highest BCUT2D eigenvalue weighted by Gasteiger charge is 2.33. The fourth-order valence-corrected chi connectivity index (χ4v) is 6.06. The van der Waals surface area contributed by atoms with Gasteiger partial charge in [0, 0.05) is 17.1 Å². The molecule has 2 atom stereocenters. The fourth-order valence-electron chi connectivity index (χ4n) is 3.94. The van der Waals surface area contributed by atoms with E-state index in [1.54, 1.807) is 25.1 Å². The van der Waals surface area contributed by atoms with E-state index in [4.69, 9.17) is 16.3 Å². The number of amides is 2. The van der Waals surface area contributed by atoms with Crippen molar-refractivity contribution in [2.75, 3.05) is 18.0 Å². The Morgan fingerprint density at radius 1 is 1.02 bits per heavy atom. The van der Waals surface area contributed by atoms with Gasteiger partial charge in [-0.15, -0.1) is 0 Å². The number of anilines is 1. The second-order valence-electron chi connectivity index (χ2n) is 9.29. The lowest BCUT2D eigenvalue weighted by molar-refractivity contribution is -0.139. The topological polar surface area (TPSA) is 96.0 Å². The number of sulfonamides is 1. The molecule has 8 nitrogen and oxygen atoms in total. The number of carbonyl (C=O) groups excluding carboxylic acids is 2. The molecule has 3 rings (SSSR count). The van der Waals surface area contributed by atoms with Crippen molar-refractivity contribution >= 4 is 55.1 Å². The molecule has 0 spiro atoms. The fraction of sp³-hybridized carbons (Fsp3) is 0.310. The normalized spacial score (nSPS) is 12.8. The predicted molar refractivity (Wildman–Crippen MR) is 161 cm³/mol. The molecule has 40 heavy (non-hydrogen) atoms. The maximum absolute atomic E-state index is 14.0. The molecule has 0 fully saturated rings.